The molecule has 0 amide bonds. The first kappa shape index (κ1) is 10.3. The minimum Gasteiger partial charge on any atom is -0.374 e. The first-order valence-electron chi connectivity index (χ1n) is 1.55. The molecule has 0 saturated heterocycles. The van der Waals surface area contributed by atoms with Gasteiger partial charge in [-0.15, -0.1) is 0 Å². The van der Waals surface area contributed by atoms with Crippen LogP contribution in [0.15, 0.2) is 4.99 Å². The molecule has 0 heterocycles. The molecule has 0 aliphatic rings. The molecule has 45 valence electrons. The molecular formula is C3H6AgN2S. The van der Waals surface area contributed by atoms with E-state index < -0.39 is 0 Å². The number of aliphatic imine (C=N–C) groups is 1. The van der Waals surface area contributed by atoms with Gasteiger partial charge >= 0.3 is 0 Å². The van der Waals surface area contributed by atoms with Gasteiger partial charge in [0.25, 0.3) is 0 Å². The van der Waals surface area contributed by atoms with Crippen molar-refractivity contribution in [1.82, 2.24) is 0 Å². The topological polar surface area (TPSA) is 38.4 Å². The van der Waals surface area contributed by atoms with Crippen LogP contribution < -0.4 is 5.73 Å². The first-order valence-corrected chi connectivity index (χ1v) is 1.96. The molecule has 0 fully saturated rings. The molecule has 0 aliphatic heterocycles. The maximum Gasteiger partial charge on any atom is 0.189 e. The Hall–Kier alpha value is 0.300. The Bertz CT molecular complexity index is 81.0. The van der Waals surface area contributed by atoms with Crippen LogP contribution in [0.2, 0.25) is 0 Å². The fraction of sp³-hybridized carbons (Fsp3) is 0.333. The van der Waals surface area contributed by atoms with E-state index in [2.05, 4.69) is 17.2 Å². The van der Waals surface area contributed by atoms with Crippen LogP contribution in [0, 0.1) is 0 Å². The molecule has 0 atom stereocenters. The van der Waals surface area contributed by atoms with E-state index in [0.29, 0.717) is 0 Å². The molecule has 1 radical (unpaired) electrons. The Morgan fingerprint density at radius 1 is 1.86 bits per heavy atom. The molecule has 0 saturated carbocycles. The zero-order valence-corrected chi connectivity index (χ0v) is 6.11. The molecule has 0 rings (SSSR count). The van der Waals surface area contributed by atoms with E-state index in [1.54, 1.807) is 13.1 Å². The normalized spacial score (nSPS) is 8.14. The van der Waals surface area contributed by atoms with Gasteiger partial charge in [0.2, 0.25) is 0 Å². The van der Waals surface area contributed by atoms with Crippen LogP contribution in [-0.2, 0) is 22.4 Å². The third-order valence-corrected chi connectivity index (χ3v) is 0.362. The number of hydrogen-bond acceptors (Lipinski definition) is 1. The van der Waals surface area contributed by atoms with Crippen molar-refractivity contribution in [3.63, 3.8) is 0 Å². The SMILES string of the molecule is CC=NC(N)=S.[Ag]. The summed E-state index contributed by atoms with van der Waals surface area (Å²) in [5.41, 5.74) is 4.94. The molecule has 2 nitrogen and oxygen atoms in total. The molecule has 0 aromatic heterocycles. The van der Waals surface area contributed by atoms with Gasteiger partial charge in [-0.25, -0.2) is 4.99 Å². The van der Waals surface area contributed by atoms with Crippen LogP contribution in [0.1, 0.15) is 6.92 Å². The minimum atomic E-state index is 0. The van der Waals surface area contributed by atoms with Crippen molar-refractivity contribution in [1.29, 1.82) is 0 Å². The summed E-state index contributed by atoms with van der Waals surface area (Å²) in [5, 5.41) is 0.192. The summed E-state index contributed by atoms with van der Waals surface area (Å²) in [5.74, 6) is 0. The molecular weight excluding hydrogens is 204 g/mol. The van der Waals surface area contributed by atoms with Crippen LogP contribution in [0.3, 0.4) is 0 Å². The maximum atomic E-state index is 4.94. The predicted molar refractivity (Wildman–Crippen MR) is 31.0 cm³/mol. The average Bonchev–Trinajstić information content (AvgIpc) is 1.35. The van der Waals surface area contributed by atoms with E-state index in [-0.39, 0.29) is 27.5 Å². The van der Waals surface area contributed by atoms with Crippen LogP contribution >= 0.6 is 12.2 Å². The summed E-state index contributed by atoms with van der Waals surface area (Å²) in [6.45, 7) is 1.76. The monoisotopic (exact) mass is 209 g/mol. The van der Waals surface area contributed by atoms with Crippen LogP contribution in [0.5, 0.6) is 0 Å². The molecule has 0 spiro atoms. The van der Waals surface area contributed by atoms with E-state index in [1.807, 2.05) is 0 Å². The van der Waals surface area contributed by atoms with Gasteiger partial charge in [0.15, 0.2) is 5.11 Å². The fourth-order valence-electron chi connectivity index (χ4n) is 0.127. The Balaban J connectivity index is 0. The van der Waals surface area contributed by atoms with Gasteiger partial charge in [0, 0.05) is 28.6 Å². The van der Waals surface area contributed by atoms with Crippen molar-refractivity contribution in [2.75, 3.05) is 0 Å². The van der Waals surface area contributed by atoms with Gasteiger partial charge in [0.1, 0.15) is 0 Å². The second kappa shape index (κ2) is 6.30. The first-order chi connectivity index (χ1) is 2.77. The summed E-state index contributed by atoms with van der Waals surface area (Å²) < 4.78 is 0. The Kier molecular flexibility index (Phi) is 9.28. The molecule has 4 heteroatoms. The van der Waals surface area contributed by atoms with Gasteiger partial charge in [-0.2, -0.15) is 0 Å². The number of rotatable bonds is 0. The van der Waals surface area contributed by atoms with Crippen molar-refractivity contribution >= 4 is 23.5 Å². The average molecular weight is 210 g/mol. The number of hydrogen-bond donors (Lipinski definition) is 1. The van der Waals surface area contributed by atoms with Gasteiger partial charge in [0.05, 0.1) is 0 Å². The summed E-state index contributed by atoms with van der Waals surface area (Å²) >= 11 is 4.37. The molecule has 7 heavy (non-hydrogen) atoms. The summed E-state index contributed by atoms with van der Waals surface area (Å²) in [6.07, 6.45) is 1.56. The second-order valence-electron chi connectivity index (χ2n) is 0.726. The molecule has 0 aromatic carbocycles. The Morgan fingerprint density at radius 2 is 2.29 bits per heavy atom. The van der Waals surface area contributed by atoms with Crippen molar-refractivity contribution < 1.29 is 22.4 Å². The van der Waals surface area contributed by atoms with E-state index in [0.717, 1.165) is 0 Å². The van der Waals surface area contributed by atoms with Crippen LogP contribution in [0.25, 0.3) is 0 Å². The third kappa shape index (κ3) is 10.7. The van der Waals surface area contributed by atoms with E-state index in [1.165, 1.54) is 0 Å². The smallest absolute Gasteiger partial charge is 0.189 e. The quantitative estimate of drug-likeness (QED) is 0.355. The number of nitrogens with zero attached hydrogens (tertiary/aromatic N) is 1. The predicted octanol–water partition coefficient (Wildman–Crippen LogP) is 0.318. The summed E-state index contributed by atoms with van der Waals surface area (Å²) in [7, 11) is 0. The largest absolute Gasteiger partial charge is 0.374 e. The van der Waals surface area contributed by atoms with E-state index in [4.69, 9.17) is 5.73 Å². The van der Waals surface area contributed by atoms with E-state index >= 15 is 0 Å². The molecule has 2 N–H and O–H groups in total. The van der Waals surface area contributed by atoms with Crippen LogP contribution in [0.4, 0.5) is 0 Å². The standard InChI is InChI=1S/C3H6N2S.Ag/c1-2-5-3(4)6;/h2H,1H3,(H2,4,6);. The van der Waals surface area contributed by atoms with Gasteiger partial charge in [-0.05, 0) is 19.1 Å². The molecule has 0 aliphatic carbocycles. The molecule has 0 aromatic rings. The molecule has 0 unspecified atom stereocenters. The zero-order chi connectivity index (χ0) is 4.99. The van der Waals surface area contributed by atoms with E-state index in [9.17, 15) is 0 Å². The van der Waals surface area contributed by atoms with Crippen LogP contribution in [-0.4, -0.2) is 11.3 Å². The van der Waals surface area contributed by atoms with Gasteiger partial charge < -0.3 is 5.73 Å². The Morgan fingerprint density at radius 3 is 2.29 bits per heavy atom. The number of nitrogens with two attached hydrogens (primary N) is 1. The van der Waals surface area contributed by atoms with Crippen molar-refractivity contribution in [3.05, 3.63) is 0 Å². The maximum absolute atomic E-state index is 4.94. The van der Waals surface area contributed by atoms with Gasteiger partial charge in [-0.3, -0.25) is 0 Å². The summed E-state index contributed by atoms with van der Waals surface area (Å²) in [4.78, 5) is 3.51. The number of thiocarbonyl (C=S) groups is 1. The zero-order valence-electron chi connectivity index (χ0n) is 3.81. The van der Waals surface area contributed by atoms with Crippen molar-refractivity contribution in [2.45, 2.75) is 6.92 Å². The minimum absolute atomic E-state index is 0. The van der Waals surface area contributed by atoms with Crippen molar-refractivity contribution in [2.24, 2.45) is 10.7 Å². The van der Waals surface area contributed by atoms with Crippen molar-refractivity contribution in [3.8, 4) is 0 Å². The third-order valence-electron chi connectivity index (χ3n) is 0.256. The fourth-order valence-corrected chi connectivity index (χ4v) is 0.233. The molecule has 0 bridgehead atoms. The van der Waals surface area contributed by atoms with Gasteiger partial charge in [-0.1, -0.05) is 0 Å². The second-order valence-corrected chi connectivity index (χ2v) is 1.14. The summed E-state index contributed by atoms with van der Waals surface area (Å²) in [6, 6.07) is 0. The Labute approximate surface area is 63.7 Å².